The fourth-order valence-electron chi connectivity index (χ4n) is 4.25. The number of aromatic nitrogens is 2. The monoisotopic (exact) mass is 561 g/mol. The zero-order valence-corrected chi connectivity index (χ0v) is 22.2. The molecule has 0 radical (unpaired) electrons. The van der Waals surface area contributed by atoms with Gasteiger partial charge in [0.1, 0.15) is 23.8 Å². The third kappa shape index (κ3) is 6.58. The van der Waals surface area contributed by atoms with Gasteiger partial charge in [-0.3, -0.25) is 28.9 Å². The summed E-state index contributed by atoms with van der Waals surface area (Å²) in [7, 11) is 1.54. The summed E-state index contributed by atoms with van der Waals surface area (Å²) in [4.78, 5) is 52.6. The molecule has 2 aromatic heterocycles. The number of nitro benzene ring substituents is 1. The normalized spacial score (nSPS) is 11.5. The summed E-state index contributed by atoms with van der Waals surface area (Å²) in [5.41, 5.74) is 1.50. The first-order chi connectivity index (χ1) is 19.7. The van der Waals surface area contributed by atoms with Crippen molar-refractivity contribution in [3.8, 4) is 17.0 Å². The number of esters is 1. The molecular formula is C28H27N5O8. The van der Waals surface area contributed by atoms with Gasteiger partial charge in [0.05, 0.1) is 36.7 Å². The molecule has 4 aromatic rings. The van der Waals surface area contributed by atoms with E-state index in [4.69, 9.17) is 14.5 Å². The predicted octanol–water partition coefficient (Wildman–Crippen LogP) is 3.84. The van der Waals surface area contributed by atoms with Crippen molar-refractivity contribution in [3.63, 3.8) is 0 Å². The number of ether oxygens (including phenoxy) is 2. The fourth-order valence-corrected chi connectivity index (χ4v) is 4.25. The van der Waals surface area contributed by atoms with Crippen molar-refractivity contribution in [2.24, 2.45) is 0 Å². The van der Waals surface area contributed by atoms with Crippen molar-refractivity contribution in [1.82, 2.24) is 14.7 Å². The zero-order chi connectivity index (χ0) is 29.5. The number of aliphatic carboxylic acids is 1. The van der Waals surface area contributed by atoms with Crippen LogP contribution in [0.25, 0.3) is 16.9 Å². The Balaban J connectivity index is 1.75. The van der Waals surface area contributed by atoms with Crippen LogP contribution < -0.4 is 15.4 Å². The minimum atomic E-state index is -1.20. The molecule has 0 aliphatic heterocycles. The molecular weight excluding hydrogens is 534 g/mol. The average Bonchev–Trinajstić information content (AvgIpc) is 3.34. The van der Waals surface area contributed by atoms with Crippen molar-refractivity contribution in [2.45, 2.75) is 19.4 Å². The van der Waals surface area contributed by atoms with Crippen molar-refractivity contribution < 1.29 is 33.9 Å². The highest BCUT2D eigenvalue weighted by atomic mass is 16.6. The summed E-state index contributed by atoms with van der Waals surface area (Å²) in [6.07, 6.45) is 1.16. The number of carboxylic acids is 1. The first-order valence-corrected chi connectivity index (χ1v) is 12.5. The number of carbonyl (C=O) groups is 3. The molecule has 2 heterocycles. The highest BCUT2D eigenvalue weighted by molar-refractivity contribution is 6.01. The Hall–Kier alpha value is -5.46. The standard InChI is InChI=1S/C28H27N5O8/c1-3-41-24(36)16-29-27-25(17-9-11-20(40-2)12-10-17)31-26-21(8-5-13-32(26)27)28(37)30-22(15-23(34)35)18-6-4-7-19(14-18)33(38)39/h4-14,22,29H,3,15-16H2,1-2H3,(H,30,37)(H,34,35). The molecule has 0 saturated heterocycles. The van der Waals surface area contributed by atoms with Crippen molar-refractivity contribution in [2.75, 3.05) is 25.6 Å². The molecule has 41 heavy (non-hydrogen) atoms. The van der Waals surface area contributed by atoms with Gasteiger partial charge in [0.15, 0.2) is 5.65 Å². The number of rotatable bonds is 12. The summed E-state index contributed by atoms with van der Waals surface area (Å²) >= 11 is 0. The molecule has 13 nitrogen and oxygen atoms in total. The third-order valence-corrected chi connectivity index (χ3v) is 6.13. The molecule has 1 unspecified atom stereocenters. The highest BCUT2D eigenvalue weighted by Crippen LogP contribution is 2.31. The fraction of sp³-hybridized carbons (Fsp3) is 0.214. The first kappa shape index (κ1) is 28.5. The van der Waals surface area contributed by atoms with Crippen LogP contribution in [0.15, 0.2) is 66.9 Å². The Kier molecular flexibility index (Phi) is 8.77. The van der Waals surface area contributed by atoms with E-state index in [9.17, 15) is 29.6 Å². The molecule has 0 fully saturated rings. The molecule has 2 aromatic carbocycles. The largest absolute Gasteiger partial charge is 0.497 e. The number of fused-ring (bicyclic) bond motifs is 1. The molecule has 3 N–H and O–H groups in total. The number of non-ortho nitro benzene ring substituents is 1. The first-order valence-electron chi connectivity index (χ1n) is 12.5. The van der Waals surface area contributed by atoms with Crippen LogP contribution in [0.4, 0.5) is 11.5 Å². The molecule has 0 bridgehead atoms. The number of hydrogen-bond acceptors (Lipinski definition) is 9. The number of imidazole rings is 1. The number of benzene rings is 2. The van der Waals surface area contributed by atoms with E-state index in [0.717, 1.165) is 0 Å². The number of amides is 1. The average molecular weight is 562 g/mol. The van der Waals surface area contributed by atoms with E-state index in [1.165, 1.54) is 30.3 Å². The van der Waals surface area contributed by atoms with Gasteiger partial charge in [0.2, 0.25) is 0 Å². The SMILES string of the molecule is CCOC(=O)CNc1c(-c2ccc(OC)cc2)nc2c(C(=O)NC(CC(=O)O)c3cccc([N+](=O)[O-])c3)cccn12. The van der Waals surface area contributed by atoms with E-state index < -0.39 is 35.2 Å². The van der Waals surface area contributed by atoms with Crippen LogP contribution in [0.5, 0.6) is 5.75 Å². The van der Waals surface area contributed by atoms with Gasteiger partial charge < -0.3 is 25.2 Å². The van der Waals surface area contributed by atoms with Gasteiger partial charge in [-0.2, -0.15) is 0 Å². The summed E-state index contributed by atoms with van der Waals surface area (Å²) in [5.74, 6) is -1.27. The van der Waals surface area contributed by atoms with Gasteiger partial charge >= 0.3 is 11.9 Å². The number of carboxylic acid groups (broad SMARTS) is 1. The molecule has 4 rings (SSSR count). The van der Waals surface area contributed by atoms with Crippen LogP contribution in [-0.2, 0) is 14.3 Å². The second-order valence-corrected chi connectivity index (χ2v) is 8.79. The Labute approximate surface area is 233 Å². The van der Waals surface area contributed by atoms with Crippen molar-refractivity contribution >= 4 is 35.0 Å². The van der Waals surface area contributed by atoms with Crippen LogP contribution in [-0.4, -0.2) is 57.5 Å². The van der Waals surface area contributed by atoms with Gasteiger partial charge in [-0.05, 0) is 48.9 Å². The van der Waals surface area contributed by atoms with Gasteiger partial charge in [0.25, 0.3) is 11.6 Å². The van der Waals surface area contributed by atoms with Crippen LogP contribution in [0.3, 0.4) is 0 Å². The van der Waals surface area contributed by atoms with E-state index in [1.54, 1.807) is 55.0 Å². The van der Waals surface area contributed by atoms with E-state index in [1.807, 2.05) is 0 Å². The topological polar surface area (TPSA) is 174 Å². The number of nitrogens with one attached hydrogen (secondary N) is 2. The molecule has 1 amide bonds. The van der Waals surface area contributed by atoms with Gasteiger partial charge in [-0.1, -0.05) is 12.1 Å². The number of pyridine rings is 1. The smallest absolute Gasteiger partial charge is 0.325 e. The Morgan fingerprint density at radius 1 is 1.12 bits per heavy atom. The number of carbonyl (C=O) groups excluding carboxylic acids is 2. The van der Waals surface area contributed by atoms with Gasteiger partial charge in [-0.25, -0.2) is 4.98 Å². The van der Waals surface area contributed by atoms with Crippen molar-refractivity contribution in [1.29, 1.82) is 0 Å². The summed E-state index contributed by atoms with van der Waals surface area (Å²) in [5, 5.41) is 26.5. The highest BCUT2D eigenvalue weighted by Gasteiger charge is 2.24. The number of nitrogens with zero attached hydrogens (tertiary/aromatic N) is 3. The maximum absolute atomic E-state index is 13.5. The lowest BCUT2D eigenvalue weighted by molar-refractivity contribution is -0.384. The Morgan fingerprint density at radius 2 is 1.88 bits per heavy atom. The minimum absolute atomic E-state index is 0.118. The zero-order valence-electron chi connectivity index (χ0n) is 22.2. The minimum Gasteiger partial charge on any atom is -0.497 e. The van der Waals surface area contributed by atoms with Crippen LogP contribution in [0.2, 0.25) is 0 Å². The second-order valence-electron chi connectivity index (χ2n) is 8.79. The van der Waals surface area contributed by atoms with E-state index in [2.05, 4.69) is 10.6 Å². The van der Waals surface area contributed by atoms with E-state index >= 15 is 0 Å². The number of anilines is 1. The Morgan fingerprint density at radius 3 is 2.54 bits per heavy atom. The van der Waals surface area contributed by atoms with Gasteiger partial charge in [0, 0.05) is 23.9 Å². The molecule has 0 aliphatic carbocycles. The van der Waals surface area contributed by atoms with Crippen LogP contribution in [0.1, 0.15) is 35.3 Å². The van der Waals surface area contributed by atoms with Gasteiger partial charge in [-0.15, -0.1) is 0 Å². The van der Waals surface area contributed by atoms with Crippen LogP contribution >= 0.6 is 0 Å². The summed E-state index contributed by atoms with van der Waals surface area (Å²) in [6.45, 7) is 1.76. The molecule has 0 aliphatic rings. The predicted molar refractivity (Wildman–Crippen MR) is 148 cm³/mol. The van der Waals surface area contributed by atoms with Crippen LogP contribution in [0, 0.1) is 10.1 Å². The molecule has 1 atom stereocenters. The van der Waals surface area contributed by atoms with Crippen molar-refractivity contribution in [3.05, 3.63) is 88.1 Å². The maximum atomic E-state index is 13.5. The number of hydrogen-bond donors (Lipinski definition) is 3. The van der Waals surface area contributed by atoms with E-state index in [0.29, 0.717) is 22.8 Å². The molecule has 0 spiro atoms. The molecule has 0 saturated carbocycles. The lowest BCUT2D eigenvalue weighted by Gasteiger charge is -2.17. The second kappa shape index (κ2) is 12.6. The lowest BCUT2D eigenvalue weighted by Crippen LogP contribution is -2.30. The molecule has 13 heteroatoms. The molecule has 212 valence electrons. The number of nitro groups is 1. The summed E-state index contributed by atoms with van der Waals surface area (Å²) in [6, 6.07) is 14.6. The quantitative estimate of drug-likeness (QED) is 0.131. The van der Waals surface area contributed by atoms with E-state index in [-0.39, 0.29) is 35.6 Å². The third-order valence-electron chi connectivity index (χ3n) is 6.13. The maximum Gasteiger partial charge on any atom is 0.325 e. The summed E-state index contributed by atoms with van der Waals surface area (Å²) < 4.78 is 11.9. The Bertz CT molecular complexity index is 1600. The number of methoxy groups -OCH3 is 1. The lowest BCUT2D eigenvalue weighted by atomic mass is 10.0.